The van der Waals surface area contributed by atoms with Gasteiger partial charge in [-0.2, -0.15) is 5.26 Å². The Kier molecular flexibility index (Phi) is 1.62. The van der Waals surface area contributed by atoms with E-state index in [1.165, 1.54) is 23.4 Å². The van der Waals surface area contributed by atoms with Crippen LogP contribution in [0.15, 0.2) is 6.20 Å². The molecule has 0 N–H and O–H groups in total. The summed E-state index contributed by atoms with van der Waals surface area (Å²) < 4.78 is 2.18. The molecule has 0 saturated heterocycles. The Bertz CT molecular complexity index is 529. The van der Waals surface area contributed by atoms with Crippen molar-refractivity contribution in [2.75, 3.05) is 0 Å². The minimum Gasteiger partial charge on any atom is -0.290 e. The van der Waals surface area contributed by atoms with Crippen LogP contribution in [0.2, 0.25) is 0 Å². The second-order valence-corrected chi connectivity index (χ2v) is 4.59. The summed E-state index contributed by atoms with van der Waals surface area (Å²) in [6.07, 6.45) is 5.87. The summed E-state index contributed by atoms with van der Waals surface area (Å²) in [4.78, 5) is 6.85. The number of thiazole rings is 1. The summed E-state index contributed by atoms with van der Waals surface area (Å²) in [5, 5.41) is 8.70. The van der Waals surface area contributed by atoms with Crippen molar-refractivity contribution in [1.82, 2.24) is 9.38 Å². The van der Waals surface area contributed by atoms with Gasteiger partial charge < -0.3 is 0 Å². The maximum atomic E-state index is 8.70. The zero-order valence-electron chi connectivity index (χ0n) is 7.66. The largest absolute Gasteiger partial charge is 0.290 e. The molecule has 3 rings (SSSR count). The highest BCUT2D eigenvalue weighted by Gasteiger charge is 2.19. The summed E-state index contributed by atoms with van der Waals surface area (Å²) in [5.41, 5.74) is 2.44. The zero-order chi connectivity index (χ0) is 9.54. The van der Waals surface area contributed by atoms with Gasteiger partial charge in [0.15, 0.2) is 4.96 Å². The smallest absolute Gasteiger partial charge is 0.194 e. The lowest BCUT2D eigenvalue weighted by molar-refractivity contribution is 0.877. The number of imidazole rings is 1. The number of nitriles is 1. The molecule has 0 aromatic carbocycles. The van der Waals surface area contributed by atoms with Gasteiger partial charge in [-0.15, -0.1) is 11.3 Å². The lowest BCUT2D eigenvalue weighted by Crippen LogP contribution is -1.94. The van der Waals surface area contributed by atoms with Gasteiger partial charge in [0.2, 0.25) is 0 Å². The highest BCUT2D eigenvalue weighted by molar-refractivity contribution is 7.17. The Hall–Kier alpha value is -1.34. The van der Waals surface area contributed by atoms with Crippen LogP contribution >= 0.6 is 11.3 Å². The lowest BCUT2D eigenvalue weighted by atomic mass is 10.3. The standard InChI is InChI=1S/C10H9N3S/c11-5-4-7-6-12-10-13(7)8-2-1-3-9(8)14-10/h6H,1-4H2. The molecule has 0 amide bonds. The highest BCUT2D eigenvalue weighted by atomic mass is 32.1. The summed E-state index contributed by atoms with van der Waals surface area (Å²) in [6, 6.07) is 2.19. The Labute approximate surface area is 85.6 Å². The monoisotopic (exact) mass is 203 g/mol. The van der Waals surface area contributed by atoms with Gasteiger partial charge in [-0.1, -0.05) is 0 Å². The van der Waals surface area contributed by atoms with Gasteiger partial charge in [0.1, 0.15) is 0 Å². The number of hydrogen-bond donors (Lipinski definition) is 0. The van der Waals surface area contributed by atoms with Crippen LogP contribution in [-0.2, 0) is 19.3 Å². The van der Waals surface area contributed by atoms with Crippen LogP contribution < -0.4 is 0 Å². The number of rotatable bonds is 1. The van der Waals surface area contributed by atoms with Crippen LogP contribution in [-0.4, -0.2) is 9.38 Å². The topological polar surface area (TPSA) is 41.1 Å². The van der Waals surface area contributed by atoms with Gasteiger partial charge in [0.25, 0.3) is 0 Å². The molecule has 1 aliphatic carbocycles. The van der Waals surface area contributed by atoms with Gasteiger partial charge >= 0.3 is 0 Å². The molecule has 0 fully saturated rings. The highest BCUT2D eigenvalue weighted by Crippen LogP contribution is 2.31. The maximum Gasteiger partial charge on any atom is 0.194 e. The van der Waals surface area contributed by atoms with Crippen molar-refractivity contribution in [3.63, 3.8) is 0 Å². The minimum atomic E-state index is 0.463. The Morgan fingerprint density at radius 1 is 1.57 bits per heavy atom. The van der Waals surface area contributed by atoms with Gasteiger partial charge in [-0.25, -0.2) is 4.98 Å². The average molecular weight is 203 g/mol. The fraction of sp³-hybridized carbons (Fsp3) is 0.400. The maximum absolute atomic E-state index is 8.70. The Morgan fingerprint density at radius 2 is 2.50 bits per heavy atom. The van der Waals surface area contributed by atoms with E-state index >= 15 is 0 Å². The number of fused-ring (bicyclic) bond motifs is 3. The molecular weight excluding hydrogens is 194 g/mol. The van der Waals surface area contributed by atoms with E-state index in [0.717, 1.165) is 17.1 Å². The fourth-order valence-electron chi connectivity index (χ4n) is 2.09. The SMILES string of the molecule is N#CCc1cnc2sc3c(n12)CCC3. The van der Waals surface area contributed by atoms with Crippen LogP contribution in [0.3, 0.4) is 0 Å². The van der Waals surface area contributed by atoms with Crippen molar-refractivity contribution < 1.29 is 0 Å². The molecule has 0 aliphatic heterocycles. The van der Waals surface area contributed by atoms with E-state index in [1.807, 2.05) is 6.20 Å². The van der Waals surface area contributed by atoms with Crippen molar-refractivity contribution in [2.45, 2.75) is 25.7 Å². The van der Waals surface area contributed by atoms with Crippen molar-refractivity contribution >= 4 is 16.3 Å². The van der Waals surface area contributed by atoms with Crippen molar-refractivity contribution in [3.8, 4) is 6.07 Å². The van der Waals surface area contributed by atoms with E-state index in [1.54, 1.807) is 11.3 Å². The molecule has 0 spiro atoms. The minimum absolute atomic E-state index is 0.463. The van der Waals surface area contributed by atoms with E-state index in [9.17, 15) is 0 Å². The second-order valence-electron chi connectivity index (χ2n) is 3.53. The van der Waals surface area contributed by atoms with Crippen LogP contribution in [0.25, 0.3) is 4.96 Å². The van der Waals surface area contributed by atoms with Gasteiger partial charge in [-0.05, 0) is 19.3 Å². The quantitative estimate of drug-likeness (QED) is 0.710. The molecule has 0 unspecified atom stereocenters. The number of hydrogen-bond acceptors (Lipinski definition) is 3. The van der Waals surface area contributed by atoms with E-state index in [2.05, 4.69) is 15.5 Å². The predicted molar refractivity (Wildman–Crippen MR) is 54.4 cm³/mol. The summed E-state index contributed by atoms with van der Waals surface area (Å²) >= 11 is 1.78. The first kappa shape index (κ1) is 8.01. The van der Waals surface area contributed by atoms with Crippen molar-refractivity contribution in [3.05, 3.63) is 22.5 Å². The lowest BCUT2D eigenvalue weighted by Gasteiger charge is -1.96. The third-order valence-corrected chi connectivity index (χ3v) is 3.84. The summed E-state index contributed by atoms with van der Waals surface area (Å²) in [7, 11) is 0. The molecule has 2 aromatic heterocycles. The molecule has 0 saturated carbocycles. The van der Waals surface area contributed by atoms with Gasteiger partial charge in [0, 0.05) is 10.6 Å². The van der Waals surface area contributed by atoms with E-state index in [4.69, 9.17) is 5.26 Å². The van der Waals surface area contributed by atoms with Gasteiger partial charge in [0.05, 0.1) is 24.4 Å². The first-order valence-corrected chi connectivity index (χ1v) is 5.55. The molecular formula is C10H9N3S. The molecule has 4 heteroatoms. The molecule has 14 heavy (non-hydrogen) atoms. The predicted octanol–water partition coefficient (Wildman–Crippen LogP) is 1.95. The van der Waals surface area contributed by atoms with Gasteiger partial charge in [-0.3, -0.25) is 4.40 Å². The number of aromatic nitrogens is 2. The fourth-order valence-corrected chi connectivity index (χ4v) is 3.29. The molecule has 0 atom stereocenters. The van der Waals surface area contributed by atoms with Crippen LogP contribution in [0.4, 0.5) is 0 Å². The van der Waals surface area contributed by atoms with Crippen LogP contribution in [0, 0.1) is 11.3 Å². The summed E-state index contributed by atoms with van der Waals surface area (Å²) in [5.74, 6) is 0. The first-order chi connectivity index (χ1) is 6.90. The van der Waals surface area contributed by atoms with E-state index in [0.29, 0.717) is 6.42 Å². The molecule has 70 valence electrons. The van der Waals surface area contributed by atoms with Crippen LogP contribution in [0.1, 0.15) is 22.7 Å². The molecule has 1 aliphatic rings. The second kappa shape index (κ2) is 2.82. The van der Waals surface area contributed by atoms with E-state index in [-0.39, 0.29) is 0 Å². The normalized spacial score (nSPS) is 14.5. The third-order valence-electron chi connectivity index (χ3n) is 2.69. The number of aryl methyl sites for hydroxylation is 2. The molecule has 3 nitrogen and oxygen atoms in total. The molecule has 0 bridgehead atoms. The van der Waals surface area contributed by atoms with Crippen molar-refractivity contribution in [2.24, 2.45) is 0 Å². The van der Waals surface area contributed by atoms with E-state index < -0.39 is 0 Å². The molecule has 0 radical (unpaired) electrons. The van der Waals surface area contributed by atoms with Crippen molar-refractivity contribution in [1.29, 1.82) is 5.26 Å². The average Bonchev–Trinajstić information content (AvgIpc) is 2.77. The molecule has 2 aromatic rings. The zero-order valence-corrected chi connectivity index (χ0v) is 8.47. The van der Waals surface area contributed by atoms with Crippen LogP contribution in [0.5, 0.6) is 0 Å². The Balaban J connectivity index is 2.28. The first-order valence-electron chi connectivity index (χ1n) is 4.74. The molecule has 2 heterocycles. The summed E-state index contributed by atoms with van der Waals surface area (Å²) in [6.45, 7) is 0. The Morgan fingerprint density at radius 3 is 3.36 bits per heavy atom. The number of nitrogens with zero attached hydrogens (tertiary/aromatic N) is 3. The third kappa shape index (κ3) is 0.933.